The minimum atomic E-state index is 0.339. The molecule has 2 aromatic rings. The van der Waals surface area contributed by atoms with Crippen molar-refractivity contribution in [3.8, 4) is 11.5 Å². The van der Waals surface area contributed by atoms with E-state index in [1.165, 1.54) is 64.2 Å². The van der Waals surface area contributed by atoms with Crippen molar-refractivity contribution in [3.05, 3.63) is 85.0 Å². The third-order valence-electron chi connectivity index (χ3n) is 12.8. The van der Waals surface area contributed by atoms with E-state index in [1.54, 1.807) is 11.1 Å². The Labute approximate surface area is 241 Å². The van der Waals surface area contributed by atoms with Crippen LogP contribution in [-0.2, 0) is 10.8 Å². The van der Waals surface area contributed by atoms with Gasteiger partial charge in [-0.2, -0.15) is 0 Å². The summed E-state index contributed by atoms with van der Waals surface area (Å²) in [6.07, 6.45) is 18.3. The SMILES string of the molecule is C=CCOc1ccc(C23CC4CC(CC(C4)C2C2C4CC5CC(C4)CC2(c2ccc(OCC=C)cc2)C5)C3)cc1. The summed E-state index contributed by atoms with van der Waals surface area (Å²) in [5, 5.41) is 0. The van der Waals surface area contributed by atoms with Crippen molar-refractivity contribution < 1.29 is 9.47 Å². The molecule has 6 atom stereocenters. The van der Waals surface area contributed by atoms with Gasteiger partial charge in [-0.05, 0) is 158 Å². The smallest absolute Gasteiger partial charge is 0.119 e. The van der Waals surface area contributed by atoms with Gasteiger partial charge in [0.05, 0.1) is 0 Å². The monoisotopic (exact) mass is 534 g/mol. The summed E-state index contributed by atoms with van der Waals surface area (Å²) in [5.41, 5.74) is 3.93. The number of benzene rings is 2. The second-order valence-corrected chi connectivity index (χ2v) is 14.8. The molecule has 8 fully saturated rings. The van der Waals surface area contributed by atoms with E-state index in [-0.39, 0.29) is 0 Å². The summed E-state index contributed by atoms with van der Waals surface area (Å²) >= 11 is 0. The van der Waals surface area contributed by atoms with Gasteiger partial charge in [-0.15, -0.1) is 0 Å². The first-order valence-corrected chi connectivity index (χ1v) is 16.3. The van der Waals surface area contributed by atoms with E-state index in [9.17, 15) is 0 Å². The van der Waals surface area contributed by atoms with E-state index in [0.29, 0.717) is 24.0 Å². The molecule has 0 N–H and O–H groups in total. The number of hydrogen-bond acceptors (Lipinski definition) is 2. The minimum Gasteiger partial charge on any atom is -0.490 e. The molecular weight excluding hydrogens is 488 g/mol. The first kappa shape index (κ1) is 25.2. The Morgan fingerprint density at radius 3 is 1.23 bits per heavy atom. The maximum Gasteiger partial charge on any atom is 0.119 e. The summed E-state index contributed by atoms with van der Waals surface area (Å²) in [6, 6.07) is 18.9. The topological polar surface area (TPSA) is 18.5 Å². The van der Waals surface area contributed by atoms with Gasteiger partial charge in [-0.25, -0.2) is 0 Å². The lowest BCUT2D eigenvalue weighted by Gasteiger charge is -2.71. The summed E-state index contributed by atoms with van der Waals surface area (Å²) in [7, 11) is 0. The fourth-order valence-corrected chi connectivity index (χ4v) is 12.4. The second-order valence-electron chi connectivity index (χ2n) is 14.8. The summed E-state index contributed by atoms with van der Waals surface area (Å²) < 4.78 is 11.8. The van der Waals surface area contributed by atoms with Crippen molar-refractivity contribution in [3.63, 3.8) is 0 Å². The van der Waals surface area contributed by atoms with Crippen LogP contribution in [0.3, 0.4) is 0 Å². The van der Waals surface area contributed by atoms with Crippen LogP contribution in [0.1, 0.15) is 75.3 Å². The molecule has 0 amide bonds. The van der Waals surface area contributed by atoms with Crippen LogP contribution < -0.4 is 9.47 Å². The average Bonchev–Trinajstić information content (AvgIpc) is 2.96. The zero-order valence-electron chi connectivity index (χ0n) is 24.1. The molecule has 10 rings (SSSR count). The van der Waals surface area contributed by atoms with E-state index < -0.39 is 0 Å². The molecule has 8 bridgehead atoms. The lowest BCUT2D eigenvalue weighted by molar-refractivity contribution is -0.163. The lowest BCUT2D eigenvalue weighted by Crippen LogP contribution is -2.65. The van der Waals surface area contributed by atoms with Gasteiger partial charge in [0.1, 0.15) is 24.7 Å². The van der Waals surface area contributed by atoms with Gasteiger partial charge < -0.3 is 9.47 Å². The first-order chi connectivity index (χ1) is 19.6. The first-order valence-electron chi connectivity index (χ1n) is 16.3. The Hall–Kier alpha value is -2.48. The molecule has 210 valence electrons. The van der Waals surface area contributed by atoms with Crippen molar-refractivity contribution in [2.24, 2.45) is 47.3 Å². The third-order valence-corrected chi connectivity index (χ3v) is 12.8. The van der Waals surface area contributed by atoms with Crippen LogP contribution in [-0.4, -0.2) is 13.2 Å². The van der Waals surface area contributed by atoms with Crippen LogP contribution in [0.4, 0.5) is 0 Å². The molecule has 0 saturated heterocycles. The highest BCUT2D eigenvalue weighted by molar-refractivity contribution is 5.40. The number of rotatable bonds is 9. The highest BCUT2D eigenvalue weighted by atomic mass is 16.5. The molecule has 2 aromatic carbocycles. The Bertz CT molecular complexity index is 1130. The molecular formula is C38H46O2. The van der Waals surface area contributed by atoms with Crippen LogP contribution in [0.15, 0.2) is 73.8 Å². The minimum absolute atomic E-state index is 0.339. The molecule has 6 unspecified atom stereocenters. The molecule has 0 aliphatic heterocycles. The van der Waals surface area contributed by atoms with Crippen molar-refractivity contribution in [1.29, 1.82) is 0 Å². The van der Waals surface area contributed by atoms with E-state index in [1.807, 2.05) is 12.2 Å². The van der Waals surface area contributed by atoms with E-state index in [4.69, 9.17) is 9.47 Å². The number of fused-ring (bicyclic) bond motifs is 1. The number of hydrogen-bond donors (Lipinski definition) is 0. The van der Waals surface area contributed by atoms with Crippen LogP contribution in [0.5, 0.6) is 11.5 Å². The Morgan fingerprint density at radius 1 is 0.550 bits per heavy atom. The normalized spacial score (nSPS) is 42.1. The highest BCUT2D eigenvalue weighted by Crippen LogP contribution is 2.73. The largest absolute Gasteiger partial charge is 0.490 e. The molecule has 2 nitrogen and oxygen atoms in total. The zero-order valence-corrected chi connectivity index (χ0v) is 24.1. The third kappa shape index (κ3) is 3.80. The average molecular weight is 535 g/mol. The molecule has 0 heterocycles. The van der Waals surface area contributed by atoms with Crippen molar-refractivity contribution in [1.82, 2.24) is 0 Å². The van der Waals surface area contributed by atoms with E-state index in [0.717, 1.165) is 58.8 Å². The molecule has 0 radical (unpaired) electrons. The summed E-state index contributed by atoms with van der Waals surface area (Å²) in [5.74, 6) is 9.10. The summed E-state index contributed by atoms with van der Waals surface area (Å²) in [6.45, 7) is 8.81. The second kappa shape index (κ2) is 9.53. The Morgan fingerprint density at radius 2 is 0.900 bits per heavy atom. The van der Waals surface area contributed by atoms with Gasteiger partial charge in [0, 0.05) is 0 Å². The van der Waals surface area contributed by atoms with Gasteiger partial charge >= 0.3 is 0 Å². The maximum atomic E-state index is 5.92. The predicted octanol–water partition coefficient (Wildman–Crippen LogP) is 8.90. The van der Waals surface area contributed by atoms with Crippen molar-refractivity contribution >= 4 is 0 Å². The van der Waals surface area contributed by atoms with Gasteiger partial charge in [-0.3, -0.25) is 0 Å². The maximum absolute atomic E-state index is 5.92. The quantitative estimate of drug-likeness (QED) is 0.299. The van der Waals surface area contributed by atoms with Crippen LogP contribution in [0.25, 0.3) is 0 Å². The van der Waals surface area contributed by atoms with Crippen LogP contribution in [0, 0.1) is 47.3 Å². The molecule has 8 aliphatic carbocycles. The predicted molar refractivity (Wildman–Crippen MR) is 162 cm³/mol. The van der Waals surface area contributed by atoms with Crippen molar-refractivity contribution in [2.45, 2.75) is 75.0 Å². The molecule has 0 aromatic heterocycles. The summed E-state index contributed by atoms with van der Waals surface area (Å²) in [4.78, 5) is 0. The fourth-order valence-electron chi connectivity index (χ4n) is 12.4. The molecule has 2 heteroatoms. The molecule has 8 aliphatic rings. The van der Waals surface area contributed by atoms with E-state index >= 15 is 0 Å². The highest BCUT2D eigenvalue weighted by Gasteiger charge is 2.67. The van der Waals surface area contributed by atoms with Gasteiger partial charge in [0.25, 0.3) is 0 Å². The van der Waals surface area contributed by atoms with Gasteiger partial charge in [0.15, 0.2) is 0 Å². The van der Waals surface area contributed by atoms with Gasteiger partial charge in [0.2, 0.25) is 0 Å². The molecule has 40 heavy (non-hydrogen) atoms. The Balaban J connectivity index is 1.22. The zero-order chi connectivity index (χ0) is 26.9. The lowest BCUT2D eigenvalue weighted by atomic mass is 9.33. The van der Waals surface area contributed by atoms with Gasteiger partial charge in [-0.1, -0.05) is 49.6 Å². The van der Waals surface area contributed by atoms with Crippen molar-refractivity contribution in [2.75, 3.05) is 13.2 Å². The number of ether oxygens (including phenoxy) is 2. The van der Waals surface area contributed by atoms with Crippen LogP contribution in [0.2, 0.25) is 0 Å². The molecule has 0 spiro atoms. The standard InChI is InChI=1S/C38H46O2/c1-3-13-39-33-9-5-31(6-10-33)37-21-25-15-26(22-37)18-29(17-25)35(37)36-30-19-27-16-28(20-30)24-38(36,23-27)32-7-11-34(12-8-32)40-14-4-2/h3-12,25-30,35-36H,1-2,13-24H2. The fraction of sp³-hybridized carbons (Fsp3) is 0.579. The molecule has 8 saturated carbocycles. The van der Waals surface area contributed by atoms with Crippen LogP contribution >= 0.6 is 0 Å². The Kier molecular flexibility index (Phi) is 6.02. The van der Waals surface area contributed by atoms with E-state index in [2.05, 4.69) is 61.7 Å².